The van der Waals surface area contributed by atoms with Crippen molar-refractivity contribution >= 4 is 40.4 Å². The standard InChI is InChI=1S/C13H8ClN5O3S/c14-12-11(23-7-15-12)13(20)17-10-5-6-16-18(10)8-1-3-9(4-2-8)19(21)22/h1-7H,(H,17,20). The molecule has 0 saturated carbocycles. The van der Waals surface area contributed by atoms with E-state index < -0.39 is 10.8 Å². The van der Waals surface area contributed by atoms with Crippen LogP contribution in [0.1, 0.15) is 9.67 Å². The maximum Gasteiger partial charge on any atom is 0.270 e. The second kappa shape index (κ2) is 6.15. The summed E-state index contributed by atoms with van der Waals surface area (Å²) in [5.41, 5.74) is 2.03. The first-order valence-corrected chi connectivity index (χ1v) is 7.51. The first-order valence-electron chi connectivity index (χ1n) is 6.25. The van der Waals surface area contributed by atoms with Crippen molar-refractivity contribution in [3.05, 3.63) is 62.2 Å². The molecule has 3 rings (SSSR count). The second-order valence-corrected chi connectivity index (χ2v) is 5.54. The Hall–Kier alpha value is -2.78. The molecule has 0 fully saturated rings. The lowest BCUT2D eigenvalue weighted by atomic mass is 10.3. The van der Waals surface area contributed by atoms with Crippen LogP contribution >= 0.6 is 22.9 Å². The van der Waals surface area contributed by atoms with E-state index in [-0.39, 0.29) is 10.8 Å². The molecule has 0 bridgehead atoms. The number of carbonyl (C=O) groups excluding carboxylic acids is 1. The van der Waals surface area contributed by atoms with Crippen LogP contribution in [0.4, 0.5) is 11.5 Å². The van der Waals surface area contributed by atoms with Gasteiger partial charge in [0.2, 0.25) is 0 Å². The van der Waals surface area contributed by atoms with Crippen LogP contribution in [0.3, 0.4) is 0 Å². The Morgan fingerprint density at radius 2 is 2.04 bits per heavy atom. The molecular formula is C13H8ClN5O3S. The maximum atomic E-state index is 12.2. The minimum Gasteiger partial charge on any atom is -0.306 e. The van der Waals surface area contributed by atoms with Gasteiger partial charge >= 0.3 is 0 Å². The minimum absolute atomic E-state index is 0.0251. The number of nitro benzene ring substituents is 1. The number of nitro groups is 1. The van der Waals surface area contributed by atoms with Crippen LogP contribution in [-0.2, 0) is 0 Å². The molecule has 0 spiro atoms. The molecule has 1 aromatic carbocycles. The van der Waals surface area contributed by atoms with E-state index in [4.69, 9.17) is 11.6 Å². The Labute approximate surface area is 138 Å². The van der Waals surface area contributed by atoms with Gasteiger partial charge in [0.05, 0.1) is 22.3 Å². The normalized spacial score (nSPS) is 10.5. The van der Waals surface area contributed by atoms with Gasteiger partial charge in [0.1, 0.15) is 10.7 Å². The monoisotopic (exact) mass is 349 g/mol. The summed E-state index contributed by atoms with van der Waals surface area (Å²) in [6.07, 6.45) is 1.51. The van der Waals surface area contributed by atoms with Crippen LogP contribution < -0.4 is 5.32 Å². The van der Waals surface area contributed by atoms with Crippen molar-refractivity contribution in [3.8, 4) is 5.69 Å². The van der Waals surface area contributed by atoms with Crippen LogP contribution in [-0.4, -0.2) is 25.6 Å². The number of hydrogen-bond acceptors (Lipinski definition) is 6. The zero-order valence-electron chi connectivity index (χ0n) is 11.3. The maximum absolute atomic E-state index is 12.2. The zero-order chi connectivity index (χ0) is 16.4. The fraction of sp³-hybridized carbons (Fsp3) is 0. The SMILES string of the molecule is O=C(Nc1ccnn1-c1ccc([N+](=O)[O-])cc1)c1scnc1Cl. The molecule has 1 amide bonds. The summed E-state index contributed by atoms with van der Waals surface area (Å²) in [6.45, 7) is 0. The van der Waals surface area contributed by atoms with Crippen LogP contribution in [0.25, 0.3) is 5.69 Å². The average Bonchev–Trinajstić information content (AvgIpc) is 3.16. The quantitative estimate of drug-likeness (QED) is 0.575. The number of nitrogens with zero attached hydrogens (tertiary/aromatic N) is 4. The van der Waals surface area contributed by atoms with Gasteiger partial charge in [0.15, 0.2) is 5.15 Å². The average molecular weight is 350 g/mol. The Morgan fingerprint density at radius 3 is 2.65 bits per heavy atom. The lowest BCUT2D eigenvalue weighted by Gasteiger charge is -2.08. The van der Waals surface area contributed by atoms with E-state index >= 15 is 0 Å². The molecule has 8 nitrogen and oxygen atoms in total. The van der Waals surface area contributed by atoms with Gasteiger partial charge in [-0.25, -0.2) is 9.67 Å². The van der Waals surface area contributed by atoms with Crippen molar-refractivity contribution in [2.45, 2.75) is 0 Å². The highest BCUT2D eigenvalue weighted by Crippen LogP contribution is 2.22. The number of aromatic nitrogens is 3. The van der Waals surface area contributed by atoms with Crippen LogP contribution in [0, 0.1) is 10.1 Å². The predicted molar refractivity (Wildman–Crippen MR) is 85.3 cm³/mol. The summed E-state index contributed by atoms with van der Waals surface area (Å²) >= 11 is 6.96. The van der Waals surface area contributed by atoms with Crippen molar-refractivity contribution in [2.24, 2.45) is 0 Å². The summed E-state index contributed by atoms with van der Waals surface area (Å²) in [4.78, 5) is 26.5. The van der Waals surface area contributed by atoms with Crippen molar-refractivity contribution in [1.82, 2.24) is 14.8 Å². The number of carbonyl (C=O) groups is 1. The molecule has 1 N–H and O–H groups in total. The van der Waals surface area contributed by atoms with Gasteiger partial charge in [-0.15, -0.1) is 11.3 Å². The smallest absolute Gasteiger partial charge is 0.270 e. The molecule has 116 valence electrons. The number of hydrogen-bond donors (Lipinski definition) is 1. The topological polar surface area (TPSA) is 103 Å². The third kappa shape index (κ3) is 3.05. The molecule has 23 heavy (non-hydrogen) atoms. The molecule has 2 aromatic heterocycles. The molecule has 0 aliphatic carbocycles. The van der Waals surface area contributed by atoms with E-state index in [1.165, 1.54) is 28.5 Å². The van der Waals surface area contributed by atoms with Crippen molar-refractivity contribution < 1.29 is 9.72 Å². The Kier molecular flexibility index (Phi) is 4.04. The molecule has 0 unspecified atom stereocenters. The highest BCUT2D eigenvalue weighted by atomic mass is 35.5. The van der Waals surface area contributed by atoms with E-state index in [0.717, 1.165) is 11.3 Å². The molecule has 0 atom stereocenters. The van der Waals surface area contributed by atoms with E-state index in [9.17, 15) is 14.9 Å². The third-order valence-corrected chi connectivity index (χ3v) is 4.14. The first kappa shape index (κ1) is 15.1. The summed E-state index contributed by atoms with van der Waals surface area (Å²) in [5, 5.41) is 17.6. The Bertz CT molecular complexity index is 874. The lowest BCUT2D eigenvalue weighted by molar-refractivity contribution is -0.384. The van der Waals surface area contributed by atoms with Gasteiger partial charge in [0, 0.05) is 18.2 Å². The fourth-order valence-electron chi connectivity index (χ4n) is 1.87. The molecule has 10 heteroatoms. The summed E-state index contributed by atoms with van der Waals surface area (Å²) in [7, 11) is 0. The van der Waals surface area contributed by atoms with E-state index in [1.54, 1.807) is 18.2 Å². The van der Waals surface area contributed by atoms with Crippen LogP contribution in [0.2, 0.25) is 5.15 Å². The van der Waals surface area contributed by atoms with E-state index in [0.29, 0.717) is 16.4 Å². The van der Waals surface area contributed by atoms with E-state index in [2.05, 4.69) is 15.4 Å². The summed E-state index contributed by atoms with van der Waals surface area (Å²) in [5.74, 6) is 0.00878. The van der Waals surface area contributed by atoms with Crippen molar-refractivity contribution in [3.63, 3.8) is 0 Å². The zero-order valence-corrected chi connectivity index (χ0v) is 12.9. The van der Waals surface area contributed by atoms with Crippen LogP contribution in [0.5, 0.6) is 0 Å². The molecule has 3 aromatic rings. The largest absolute Gasteiger partial charge is 0.306 e. The van der Waals surface area contributed by atoms with E-state index in [1.807, 2.05) is 0 Å². The highest BCUT2D eigenvalue weighted by Gasteiger charge is 2.16. The molecule has 0 aliphatic heterocycles. The Morgan fingerprint density at radius 1 is 1.30 bits per heavy atom. The molecule has 0 radical (unpaired) electrons. The Balaban J connectivity index is 1.86. The third-order valence-electron chi connectivity index (χ3n) is 2.92. The number of amides is 1. The summed E-state index contributed by atoms with van der Waals surface area (Å²) in [6, 6.07) is 7.42. The van der Waals surface area contributed by atoms with Gasteiger partial charge < -0.3 is 5.32 Å². The highest BCUT2D eigenvalue weighted by molar-refractivity contribution is 7.12. The predicted octanol–water partition coefficient (Wildman–Crippen LogP) is 3.14. The van der Waals surface area contributed by atoms with Gasteiger partial charge in [-0.05, 0) is 12.1 Å². The first-order chi connectivity index (χ1) is 11.1. The number of nitrogens with one attached hydrogen (secondary N) is 1. The number of rotatable bonds is 4. The van der Waals surface area contributed by atoms with Gasteiger partial charge in [-0.2, -0.15) is 5.10 Å². The lowest BCUT2D eigenvalue weighted by Crippen LogP contribution is -2.14. The molecule has 0 saturated heterocycles. The number of anilines is 1. The second-order valence-electron chi connectivity index (χ2n) is 4.33. The number of halogens is 1. The van der Waals surface area contributed by atoms with Gasteiger partial charge in [-0.1, -0.05) is 11.6 Å². The van der Waals surface area contributed by atoms with Crippen LogP contribution in [0.15, 0.2) is 42.0 Å². The summed E-state index contributed by atoms with van der Waals surface area (Å²) < 4.78 is 1.45. The molecular weight excluding hydrogens is 342 g/mol. The van der Waals surface area contributed by atoms with Gasteiger partial charge in [-0.3, -0.25) is 14.9 Å². The molecule has 0 aliphatic rings. The van der Waals surface area contributed by atoms with Crippen molar-refractivity contribution in [2.75, 3.05) is 5.32 Å². The number of thiazole rings is 1. The number of non-ortho nitro benzene ring substituents is 1. The molecule has 2 heterocycles. The fourth-order valence-corrected chi connectivity index (χ4v) is 2.77. The van der Waals surface area contributed by atoms with Gasteiger partial charge in [0.25, 0.3) is 11.6 Å². The minimum atomic E-state index is -0.485. The van der Waals surface area contributed by atoms with Crippen molar-refractivity contribution in [1.29, 1.82) is 0 Å². The number of benzene rings is 1.